The van der Waals surface area contributed by atoms with E-state index >= 15 is 0 Å². The van der Waals surface area contributed by atoms with Crippen LogP contribution in [-0.2, 0) is 4.74 Å². The molecule has 0 bridgehead atoms. The summed E-state index contributed by atoms with van der Waals surface area (Å²) in [6.07, 6.45) is 7.43. The molecule has 0 aliphatic carbocycles. The molecule has 2 aromatic heterocycles. The Balaban J connectivity index is 1.41. The minimum Gasteiger partial charge on any atom is -0.378 e. The third-order valence-corrected chi connectivity index (χ3v) is 4.60. The van der Waals surface area contributed by atoms with E-state index in [2.05, 4.69) is 35.1 Å². The van der Waals surface area contributed by atoms with E-state index in [1.807, 2.05) is 12.1 Å². The molecule has 2 saturated heterocycles. The van der Waals surface area contributed by atoms with Crippen molar-refractivity contribution in [2.75, 3.05) is 54.5 Å². The highest BCUT2D eigenvalue weighted by Crippen LogP contribution is 2.20. The summed E-state index contributed by atoms with van der Waals surface area (Å²) < 4.78 is 5.41. The van der Waals surface area contributed by atoms with E-state index in [1.54, 1.807) is 18.7 Å². The van der Waals surface area contributed by atoms with Crippen LogP contribution in [0.4, 0.5) is 17.6 Å². The first-order valence-corrected chi connectivity index (χ1v) is 8.82. The number of nitrogens with zero attached hydrogens (tertiary/aromatic N) is 6. The van der Waals surface area contributed by atoms with Crippen molar-refractivity contribution in [1.29, 1.82) is 0 Å². The van der Waals surface area contributed by atoms with Crippen LogP contribution in [0.2, 0.25) is 0 Å². The van der Waals surface area contributed by atoms with E-state index in [-0.39, 0.29) is 0 Å². The van der Waals surface area contributed by atoms with Gasteiger partial charge in [0, 0.05) is 50.7 Å². The van der Waals surface area contributed by atoms with Crippen molar-refractivity contribution in [1.82, 2.24) is 19.9 Å². The van der Waals surface area contributed by atoms with Gasteiger partial charge < -0.3 is 19.9 Å². The number of morpholine rings is 1. The van der Waals surface area contributed by atoms with Crippen LogP contribution in [0.5, 0.6) is 0 Å². The molecule has 8 heteroatoms. The molecule has 8 nitrogen and oxygen atoms in total. The van der Waals surface area contributed by atoms with Crippen molar-refractivity contribution >= 4 is 17.6 Å². The second kappa shape index (κ2) is 7.60. The number of anilines is 3. The first-order chi connectivity index (χ1) is 12.4. The molecular weight excluding hydrogens is 318 g/mol. The van der Waals surface area contributed by atoms with Gasteiger partial charge in [-0.25, -0.2) is 19.9 Å². The lowest BCUT2D eigenvalue weighted by Gasteiger charge is -2.33. The van der Waals surface area contributed by atoms with Crippen LogP contribution in [0.25, 0.3) is 0 Å². The highest BCUT2D eigenvalue weighted by atomic mass is 16.5. The second-order valence-corrected chi connectivity index (χ2v) is 6.34. The van der Waals surface area contributed by atoms with Gasteiger partial charge in [0.2, 0.25) is 5.95 Å². The topological polar surface area (TPSA) is 79.3 Å². The zero-order valence-electron chi connectivity index (χ0n) is 14.2. The Morgan fingerprint density at radius 1 is 1.00 bits per heavy atom. The number of aromatic nitrogens is 4. The lowest BCUT2D eigenvalue weighted by Crippen LogP contribution is -2.43. The highest BCUT2D eigenvalue weighted by Gasteiger charge is 2.22. The average molecular weight is 341 g/mol. The summed E-state index contributed by atoms with van der Waals surface area (Å²) in [5, 5.41) is 3.55. The Kier molecular flexibility index (Phi) is 4.87. The molecule has 132 valence electrons. The zero-order chi connectivity index (χ0) is 16.9. The summed E-state index contributed by atoms with van der Waals surface area (Å²) in [7, 11) is 0. The molecule has 0 amide bonds. The fourth-order valence-electron chi connectivity index (χ4n) is 3.33. The first kappa shape index (κ1) is 16.0. The second-order valence-electron chi connectivity index (χ2n) is 6.34. The van der Waals surface area contributed by atoms with Gasteiger partial charge in [-0.15, -0.1) is 0 Å². The molecule has 4 rings (SSSR count). The minimum atomic E-state index is 0.324. The molecule has 2 aliphatic heterocycles. The Hall–Kier alpha value is -2.48. The van der Waals surface area contributed by atoms with Gasteiger partial charge in [0.05, 0.1) is 13.2 Å². The third-order valence-electron chi connectivity index (χ3n) is 4.60. The van der Waals surface area contributed by atoms with Crippen LogP contribution >= 0.6 is 0 Å². The smallest absolute Gasteiger partial charge is 0.225 e. The van der Waals surface area contributed by atoms with Crippen molar-refractivity contribution in [2.24, 2.45) is 0 Å². The Morgan fingerprint density at radius 2 is 1.84 bits per heavy atom. The lowest BCUT2D eigenvalue weighted by atomic mass is 10.1. The van der Waals surface area contributed by atoms with Gasteiger partial charge in [0.25, 0.3) is 0 Å². The van der Waals surface area contributed by atoms with E-state index in [0.717, 1.165) is 69.8 Å². The van der Waals surface area contributed by atoms with Crippen LogP contribution < -0.4 is 15.1 Å². The highest BCUT2D eigenvalue weighted by molar-refractivity contribution is 5.49. The fraction of sp³-hybridized carbons (Fsp3) is 0.529. The molecule has 2 aromatic rings. The summed E-state index contributed by atoms with van der Waals surface area (Å²) in [6.45, 7) is 5.12. The summed E-state index contributed by atoms with van der Waals surface area (Å²) in [6, 6.07) is 4.20. The zero-order valence-corrected chi connectivity index (χ0v) is 14.2. The summed E-state index contributed by atoms with van der Waals surface area (Å²) in [4.78, 5) is 22.0. The molecule has 0 saturated carbocycles. The quantitative estimate of drug-likeness (QED) is 0.888. The largest absolute Gasteiger partial charge is 0.378 e. The number of ether oxygens (including phenoxy) is 1. The Labute approximate surface area is 147 Å². The van der Waals surface area contributed by atoms with Crippen molar-refractivity contribution in [2.45, 2.75) is 18.9 Å². The summed E-state index contributed by atoms with van der Waals surface area (Å²) in [5.41, 5.74) is 0. The van der Waals surface area contributed by atoms with Crippen LogP contribution in [0.15, 0.2) is 30.9 Å². The Morgan fingerprint density at radius 3 is 2.68 bits per heavy atom. The van der Waals surface area contributed by atoms with E-state index in [4.69, 9.17) is 4.74 Å². The fourth-order valence-corrected chi connectivity index (χ4v) is 3.33. The van der Waals surface area contributed by atoms with Gasteiger partial charge in [0.15, 0.2) is 0 Å². The third kappa shape index (κ3) is 3.96. The van der Waals surface area contributed by atoms with Crippen LogP contribution in [0.3, 0.4) is 0 Å². The summed E-state index contributed by atoms with van der Waals surface area (Å²) >= 11 is 0. The van der Waals surface area contributed by atoms with Crippen molar-refractivity contribution in [3.8, 4) is 0 Å². The van der Waals surface area contributed by atoms with Gasteiger partial charge in [0.1, 0.15) is 18.0 Å². The standard InChI is InChI=1S/C17H23N7O/c1-3-14(12-24(6-1)17-18-4-2-5-19-17)22-15-11-16(21-13-20-15)23-7-9-25-10-8-23/h2,4-5,11,13-14H,1,3,6-10,12H2,(H,20,21,22)/t14-/m1/s1. The molecule has 1 atom stereocenters. The number of hydrogen-bond acceptors (Lipinski definition) is 8. The van der Waals surface area contributed by atoms with E-state index in [0.29, 0.717) is 6.04 Å². The molecular formula is C17H23N7O. The van der Waals surface area contributed by atoms with Crippen molar-refractivity contribution in [3.63, 3.8) is 0 Å². The molecule has 2 aliphatic rings. The monoisotopic (exact) mass is 341 g/mol. The number of rotatable bonds is 4. The number of hydrogen-bond donors (Lipinski definition) is 1. The predicted molar refractivity (Wildman–Crippen MR) is 96.0 cm³/mol. The normalized spacial score (nSPS) is 21.2. The van der Waals surface area contributed by atoms with Crippen molar-refractivity contribution < 1.29 is 4.74 Å². The average Bonchev–Trinajstić information content (AvgIpc) is 2.70. The van der Waals surface area contributed by atoms with Gasteiger partial charge in [-0.1, -0.05) is 0 Å². The van der Waals surface area contributed by atoms with Gasteiger partial charge in [-0.3, -0.25) is 0 Å². The first-order valence-electron chi connectivity index (χ1n) is 8.82. The van der Waals surface area contributed by atoms with Crippen molar-refractivity contribution in [3.05, 3.63) is 30.9 Å². The molecule has 0 unspecified atom stereocenters. The maximum atomic E-state index is 5.41. The van der Waals surface area contributed by atoms with E-state index in [1.165, 1.54) is 0 Å². The molecule has 0 aromatic carbocycles. The predicted octanol–water partition coefficient (Wildman–Crippen LogP) is 1.18. The number of piperidine rings is 1. The Bertz CT molecular complexity index is 678. The van der Waals surface area contributed by atoms with E-state index < -0.39 is 0 Å². The molecule has 4 heterocycles. The van der Waals surface area contributed by atoms with Gasteiger partial charge in [-0.2, -0.15) is 0 Å². The molecule has 1 N–H and O–H groups in total. The maximum absolute atomic E-state index is 5.41. The van der Waals surface area contributed by atoms with Crippen LogP contribution in [0, 0.1) is 0 Å². The maximum Gasteiger partial charge on any atom is 0.225 e. The lowest BCUT2D eigenvalue weighted by molar-refractivity contribution is 0.122. The number of nitrogens with one attached hydrogen (secondary N) is 1. The van der Waals surface area contributed by atoms with Gasteiger partial charge in [-0.05, 0) is 18.9 Å². The SMILES string of the molecule is c1cnc(N2CCC[C@@H](Nc3cc(N4CCOCC4)ncn3)C2)nc1. The molecule has 0 spiro atoms. The minimum absolute atomic E-state index is 0.324. The molecule has 25 heavy (non-hydrogen) atoms. The molecule has 0 radical (unpaired) electrons. The van der Waals surface area contributed by atoms with Gasteiger partial charge >= 0.3 is 0 Å². The van der Waals surface area contributed by atoms with Crippen LogP contribution in [-0.4, -0.2) is 65.4 Å². The molecule has 2 fully saturated rings. The van der Waals surface area contributed by atoms with Crippen LogP contribution in [0.1, 0.15) is 12.8 Å². The summed E-state index contributed by atoms with van der Waals surface area (Å²) in [5.74, 6) is 2.63. The van der Waals surface area contributed by atoms with E-state index in [9.17, 15) is 0 Å².